The van der Waals surface area contributed by atoms with Crippen LogP contribution in [0.4, 0.5) is 5.69 Å². The van der Waals surface area contributed by atoms with Gasteiger partial charge in [-0.25, -0.2) is 0 Å². The molecule has 146 valence electrons. The molecule has 0 radical (unpaired) electrons. The summed E-state index contributed by atoms with van der Waals surface area (Å²) in [5.74, 6) is -0.628. The Kier molecular flexibility index (Phi) is 7.40. The standard InChI is InChI=1S/C18H18N4O5S/c1-2-11-27-15-6-4-3-5-14(15)17(24)20-21-18(28)19-16(23)12-7-9-13(10-8-12)22(25)26/h3-10H,2,11H2,1H3,(H,20,24)(H2,19,21,23,28). The molecule has 3 N–H and O–H groups in total. The maximum absolute atomic E-state index is 12.3. The lowest BCUT2D eigenvalue weighted by Gasteiger charge is -2.13. The number of amides is 2. The first-order chi connectivity index (χ1) is 13.4. The molecule has 0 atom stereocenters. The Morgan fingerprint density at radius 3 is 2.39 bits per heavy atom. The van der Waals surface area contributed by atoms with Crippen LogP contribution in [0.2, 0.25) is 0 Å². The molecule has 2 aromatic carbocycles. The van der Waals surface area contributed by atoms with Crippen LogP contribution in [0.3, 0.4) is 0 Å². The van der Waals surface area contributed by atoms with Gasteiger partial charge in [0.15, 0.2) is 5.11 Å². The summed E-state index contributed by atoms with van der Waals surface area (Å²) in [4.78, 5) is 34.5. The van der Waals surface area contributed by atoms with Crippen molar-refractivity contribution in [1.29, 1.82) is 0 Å². The quantitative estimate of drug-likeness (QED) is 0.385. The van der Waals surface area contributed by atoms with Gasteiger partial charge in [0.2, 0.25) is 0 Å². The molecule has 0 fully saturated rings. The number of carbonyl (C=O) groups excluding carboxylic acids is 2. The van der Waals surface area contributed by atoms with E-state index in [1.54, 1.807) is 24.3 Å². The number of nitro benzene ring substituents is 1. The number of hydrogen-bond acceptors (Lipinski definition) is 6. The molecule has 0 unspecified atom stereocenters. The minimum Gasteiger partial charge on any atom is -0.493 e. The van der Waals surface area contributed by atoms with Gasteiger partial charge in [0, 0.05) is 17.7 Å². The second-order valence-corrected chi connectivity index (χ2v) is 5.92. The zero-order valence-corrected chi connectivity index (χ0v) is 15.7. The predicted molar refractivity (Wildman–Crippen MR) is 106 cm³/mol. The van der Waals surface area contributed by atoms with Gasteiger partial charge in [-0.2, -0.15) is 0 Å². The number of ether oxygens (including phenoxy) is 1. The number of hydrogen-bond donors (Lipinski definition) is 3. The SMILES string of the molecule is CCCOc1ccccc1C(=O)NNC(=S)NC(=O)c1ccc([N+](=O)[O-])cc1. The maximum Gasteiger partial charge on any atom is 0.273 e. The van der Waals surface area contributed by atoms with Crippen LogP contribution in [0, 0.1) is 10.1 Å². The molecular formula is C18H18N4O5S. The van der Waals surface area contributed by atoms with Crippen LogP contribution in [-0.2, 0) is 0 Å². The highest BCUT2D eigenvalue weighted by molar-refractivity contribution is 7.80. The van der Waals surface area contributed by atoms with Crippen molar-refractivity contribution in [2.24, 2.45) is 0 Å². The van der Waals surface area contributed by atoms with Crippen molar-refractivity contribution in [3.8, 4) is 5.75 Å². The van der Waals surface area contributed by atoms with Gasteiger partial charge < -0.3 is 4.74 Å². The number of nitrogens with zero attached hydrogens (tertiary/aromatic N) is 1. The summed E-state index contributed by atoms with van der Waals surface area (Å²) in [5.41, 5.74) is 5.17. The predicted octanol–water partition coefficient (Wildman–Crippen LogP) is 2.33. The Morgan fingerprint density at radius 1 is 1.07 bits per heavy atom. The van der Waals surface area contributed by atoms with Gasteiger partial charge in [0.05, 0.1) is 17.1 Å². The molecule has 0 saturated heterocycles. The number of benzene rings is 2. The van der Waals surface area contributed by atoms with Crippen LogP contribution < -0.4 is 20.9 Å². The van der Waals surface area contributed by atoms with E-state index in [1.807, 2.05) is 6.92 Å². The van der Waals surface area contributed by atoms with Crippen molar-refractivity contribution >= 4 is 34.8 Å². The lowest BCUT2D eigenvalue weighted by molar-refractivity contribution is -0.384. The van der Waals surface area contributed by atoms with E-state index in [0.717, 1.165) is 6.42 Å². The van der Waals surface area contributed by atoms with Crippen molar-refractivity contribution in [2.75, 3.05) is 6.61 Å². The Hall–Kier alpha value is -3.53. The monoisotopic (exact) mass is 402 g/mol. The van der Waals surface area contributed by atoms with Crippen LogP contribution in [0.15, 0.2) is 48.5 Å². The molecule has 2 rings (SSSR count). The molecule has 0 saturated carbocycles. The van der Waals surface area contributed by atoms with Gasteiger partial charge in [-0.1, -0.05) is 19.1 Å². The molecule has 0 aromatic heterocycles. The van der Waals surface area contributed by atoms with E-state index in [4.69, 9.17) is 17.0 Å². The topological polar surface area (TPSA) is 123 Å². The molecule has 2 aromatic rings. The van der Waals surface area contributed by atoms with Gasteiger partial charge in [-0.15, -0.1) is 0 Å². The summed E-state index contributed by atoms with van der Waals surface area (Å²) in [5, 5.41) is 12.9. The summed E-state index contributed by atoms with van der Waals surface area (Å²) in [7, 11) is 0. The Balaban J connectivity index is 1.90. The molecule has 0 aliphatic rings. The molecule has 0 heterocycles. The third-order valence-corrected chi connectivity index (χ3v) is 3.65. The summed E-state index contributed by atoms with van der Waals surface area (Å²) in [6.45, 7) is 2.43. The number of para-hydroxylation sites is 1. The first-order valence-electron chi connectivity index (χ1n) is 8.30. The second-order valence-electron chi connectivity index (χ2n) is 5.51. The molecule has 0 aliphatic heterocycles. The summed E-state index contributed by atoms with van der Waals surface area (Å²) in [6.07, 6.45) is 0.799. The van der Waals surface area contributed by atoms with Crippen molar-refractivity contribution in [3.63, 3.8) is 0 Å². The van der Waals surface area contributed by atoms with Crippen LogP contribution in [-0.4, -0.2) is 28.5 Å². The highest BCUT2D eigenvalue weighted by Crippen LogP contribution is 2.17. The highest BCUT2D eigenvalue weighted by Gasteiger charge is 2.14. The van der Waals surface area contributed by atoms with E-state index in [9.17, 15) is 19.7 Å². The number of hydrazine groups is 1. The fourth-order valence-corrected chi connectivity index (χ4v) is 2.26. The van der Waals surface area contributed by atoms with Crippen LogP contribution in [0.5, 0.6) is 5.75 Å². The summed E-state index contributed by atoms with van der Waals surface area (Å²) >= 11 is 4.97. The molecular weight excluding hydrogens is 384 g/mol. The minimum absolute atomic E-state index is 0.131. The highest BCUT2D eigenvalue weighted by atomic mass is 32.1. The van der Waals surface area contributed by atoms with Crippen molar-refractivity contribution in [2.45, 2.75) is 13.3 Å². The molecule has 10 heteroatoms. The first-order valence-corrected chi connectivity index (χ1v) is 8.71. The van der Waals surface area contributed by atoms with E-state index < -0.39 is 16.7 Å². The molecule has 28 heavy (non-hydrogen) atoms. The van der Waals surface area contributed by atoms with Crippen molar-refractivity contribution in [3.05, 3.63) is 69.8 Å². The smallest absolute Gasteiger partial charge is 0.273 e. The van der Waals surface area contributed by atoms with Crippen LogP contribution in [0.25, 0.3) is 0 Å². The van der Waals surface area contributed by atoms with E-state index in [-0.39, 0.29) is 16.4 Å². The zero-order valence-electron chi connectivity index (χ0n) is 14.9. The van der Waals surface area contributed by atoms with E-state index in [2.05, 4.69) is 16.2 Å². The van der Waals surface area contributed by atoms with E-state index in [1.165, 1.54) is 24.3 Å². The lowest BCUT2D eigenvalue weighted by atomic mass is 10.2. The Bertz CT molecular complexity index is 886. The molecule has 2 amide bonds. The largest absolute Gasteiger partial charge is 0.493 e. The van der Waals surface area contributed by atoms with Crippen molar-refractivity contribution in [1.82, 2.24) is 16.2 Å². The van der Waals surface area contributed by atoms with Gasteiger partial charge >= 0.3 is 0 Å². The Labute approximate surface area is 166 Å². The number of thiocarbonyl (C=S) groups is 1. The van der Waals surface area contributed by atoms with Gasteiger partial charge in [0.1, 0.15) is 5.75 Å². The minimum atomic E-state index is -0.576. The van der Waals surface area contributed by atoms with Gasteiger partial charge in [-0.05, 0) is 42.9 Å². The maximum atomic E-state index is 12.3. The van der Waals surface area contributed by atoms with Crippen molar-refractivity contribution < 1.29 is 19.2 Å². The van der Waals surface area contributed by atoms with Crippen LogP contribution >= 0.6 is 12.2 Å². The second kappa shape index (κ2) is 9.97. The lowest BCUT2D eigenvalue weighted by Crippen LogP contribution is -2.48. The first kappa shape index (κ1) is 20.8. The molecule has 0 aliphatic carbocycles. The molecule has 0 bridgehead atoms. The summed E-state index contributed by atoms with van der Waals surface area (Å²) < 4.78 is 5.52. The normalized spacial score (nSPS) is 9.89. The van der Waals surface area contributed by atoms with Gasteiger partial charge in [0.25, 0.3) is 17.5 Å². The molecule has 0 spiro atoms. The van der Waals surface area contributed by atoms with E-state index in [0.29, 0.717) is 17.9 Å². The fourth-order valence-electron chi connectivity index (χ4n) is 2.11. The number of rotatable bonds is 6. The number of nitrogens with one attached hydrogen (secondary N) is 3. The zero-order chi connectivity index (χ0) is 20.5. The van der Waals surface area contributed by atoms with Crippen LogP contribution in [0.1, 0.15) is 34.1 Å². The third-order valence-electron chi connectivity index (χ3n) is 3.45. The summed E-state index contributed by atoms with van der Waals surface area (Å²) in [6, 6.07) is 11.7. The fraction of sp³-hybridized carbons (Fsp3) is 0.167. The van der Waals surface area contributed by atoms with Gasteiger partial charge in [-0.3, -0.25) is 35.9 Å². The average Bonchev–Trinajstić information content (AvgIpc) is 2.70. The number of non-ortho nitro benzene ring substituents is 1. The Morgan fingerprint density at radius 2 is 1.75 bits per heavy atom. The number of carbonyl (C=O) groups is 2. The average molecular weight is 402 g/mol. The number of nitro groups is 1. The van der Waals surface area contributed by atoms with E-state index >= 15 is 0 Å². The third kappa shape index (κ3) is 5.74. The molecule has 9 nitrogen and oxygen atoms in total.